The third-order valence-corrected chi connectivity index (χ3v) is 3.95. The number of anilines is 1. The Morgan fingerprint density at radius 2 is 1.75 bits per heavy atom. The molecular weight excluding hydrogens is 304 g/mol. The maximum absolute atomic E-state index is 12.5. The standard InChI is InChI=1S/C19H18N2O3/c1-11-12(2)20-18-16(11)5-4-6-17(18)19(23)24-15-9-7-14(8-10-15)21-13(3)22/h4-10,20H,1-3H3,(H,21,22). The highest BCUT2D eigenvalue weighted by atomic mass is 16.5. The molecule has 0 aliphatic rings. The Morgan fingerprint density at radius 3 is 2.42 bits per heavy atom. The Balaban J connectivity index is 1.85. The summed E-state index contributed by atoms with van der Waals surface area (Å²) in [5.74, 6) is -0.149. The number of hydrogen-bond donors (Lipinski definition) is 2. The molecule has 0 atom stereocenters. The molecule has 0 saturated carbocycles. The molecule has 0 radical (unpaired) electrons. The second-order valence-corrected chi connectivity index (χ2v) is 5.70. The third kappa shape index (κ3) is 3.01. The number of aromatic amines is 1. The molecule has 0 fully saturated rings. The molecule has 1 aromatic heterocycles. The molecule has 0 aliphatic heterocycles. The first-order chi connectivity index (χ1) is 11.5. The maximum atomic E-state index is 12.5. The average molecular weight is 322 g/mol. The van der Waals surface area contributed by atoms with Crippen LogP contribution in [-0.2, 0) is 4.79 Å². The zero-order chi connectivity index (χ0) is 17.3. The van der Waals surface area contributed by atoms with Crippen LogP contribution in [0.15, 0.2) is 42.5 Å². The summed E-state index contributed by atoms with van der Waals surface area (Å²) in [5, 5.41) is 3.68. The van der Waals surface area contributed by atoms with Crippen molar-refractivity contribution in [3.8, 4) is 5.75 Å². The highest BCUT2D eigenvalue weighted by Crippen LogP contribution is 2.25. The fourth-order valence-corrected chi connectivity index (χ4v) is 2.62. The molecule has 1 heterocycles. The van der Waals surface area contributed by atoms with E-state index >= 15 is 0 Å². The highest BCUT2D eigenvalue weighted by Gasteiger charge is 2.15. The molecule has 5 heteroatoms. The van der Waals surface area contributed by atoms with Gasteiger partial charge in [0.05, 0.1) is 11.1 Å². The molecule has 0 unspecified atom stereocenters. The molecule has 3 rings (SSSR count). The van der Waals surface area contributed by atoms with Gasteiger partial charge in [-0.1, -0.05) is 12.1 Å². The monoisotopic (exact) mass is 322 g/mol. The predicted octanol–water partition coefficient (Wildman–Crippen LogP) is 3.96. The van der Waals surface area contributed by atoms with E-state index in [1.165, 1.54) is 6.92 Å². The van der Waals surface area contributed by atoms with Crippen LogP contribution in [0.1, 0.15) is 28.5 Å². The summed E-state index contributed by atoms with van der Waals surface area (Å²) in [7, 11) is 0. The highest BCUT2D eigenvalue weighted by molar-refractivity contribution is 6.05. The first kappa shape index (κ1) is 15.8. The maximum Gasteiger partial charge on any atom is 0.345 e. The van der Waals surface area contributed by atoms with Crippen LogP contribution in [0.3, 0.4) is 0 Å². The van der Waals surface area contributed by atoms with Crippen LogP contribution < -0.4 is 10.1 Å². The van der Waals surface area contributed by atoms with E-state index in [1.807, 2.05) is 26.0 Å². The number of fused-ring (bicyclic) bond motifs is 1. The van der Waals surface area contributed by atoms with E-state index in [9.17, 15) is 9.59 Å². The van der Waals surface area contributed by atoms with Crippen LogP contribution in [0, 0.1) is 13.8 Å². The Labute approximate surface area is 139 Å². The number of hydrogen-bond acceptors (Lipinski definition) is 3. The summed E-state index contributed by atoms with van der Waals surface area (Å²) in [6, 6.07) is 12.2. The van der Waals surface area contributed by atoms with Gasteiger partial charge in [-0.15, -0.1) is 0 Å². The van der Waals surface area contributed by atoms with Crippen LogP contribution >= 0.6 is 0 Å². The van der Waals surface area contributed by atoms with Crippen LogP contribution in [0.25, 0.3) is 10.9 Å². The minimum Gasteiger partial charge on any atom is -0.423 e. The van der Waals surface area contributed by atoms with Gasteiger partial charge >= 0.3 is 5.97 Å². The number of benzene rings is 2. The Bertz CT molecular complexity index is 924. The van der Waals surface area contributed by atoms with Gasteiger partial charge < -0.3 is 15.0 Å². The van der Waals surface area contributed by atoms with Gasteiger partial charge in [0, 0.05) is 23.7 Å². The largest absolute Gasteiger partial charge is 0.423 e. The van der Waals surface area contributed by atoms with Crippen molar-refractivity contribution in [3.63, 3.8) is 0 Å². The minimum atomic E-state index is -0.422. The van der Waals surface area contributed by atoms with E-state index in [0.29, 0.717) is 17.0 Å². The summed E-state index contributed by atoms with van der Waals surface area (Å²) >= 11 is 0. The van der Waals surface area contributed by atoms with Crippen molar-refractivity contribution >= 4 is 28.5 Å². The summed E-state index contributed by atoms with van der Waals surface area (Å²) in [6.07, 6.45) is 0. The Kier molecular flexibility index (Phi) is 4.08. The molecule has 0 saturated heterocycles. The number of H-pyrrole nitrogens is 1. The summed E-state index contributed by atoms with van der Waals surface area (Å²) < 4.78 is 5.45. The van der Waals surface area contributed by atoms with E-state index in [-0.39, 0.29) is 5.91 Å². The minimum absolute atomic E-state index is 0.149. The Morgan fingerprint density at radius 1 is 1.04 bits per heavy atom. The number of ether oxygens (including phenoxy) is 1. The molecule has 0 bridgehead atoms. The van der Waals surface area contributed by atoms with Crippen LogP contribution in [0.4, 0.5) is 5.69 Å². The number of para-hydroxylation sites is 1. The van der Waals surface area contributed by atoms with Crippen LogP contribution in [0.5, 0.6) is 5.75 Å². The summed E-state index contributed by atoms with van der Waals surface area (Å²) in [4.78, 5) is 26.8. The normalized spacial score (nSPS) is 10.6. The van der Waals surface area contributed by atoms with Crippen LogP contribution in [0.2, 0.25) is 0 Å². The number of nitrogens with one attached hydrogen (secondary N) is 2. The van der Waals surface area contributed by atoms with Gasteiger partial charge in [0.15, 0.2) is 0 Å². The molecule has 3 aromatic rings. The summed E-state index contributed by atoms with van der Waals surface area (Å²) in [5.41, 5.74) is 4.09. The molecule has 2 aromatic carbocycles. The molecule has 24 heavy (non-hydrogen) atoms. The van der Waals surface area contributed by atoms with Crippen molar-refractivity contribution in [2.24, 2.45) is 0 Å². The number of carbonyl (C=O) groups is 2. The quantitative estimate of drug-likeness (QED) is 0.566. The lowest BCUT2D eigenvalue weighted by Crippen LogP contribution is -2.09. The lowest BCUT2D eigenvalue weighted by atomic mass is 10.1. The molecule has 2 N–H and O–H groups in total. The number of aromatic nitrogens is 1. The third-order valence-electron chi connectivity index (χ3n) is 3.95. The predicted molar refractivity (Wildman–Crippen MR) is 93.5 cm³/mol. The van der Waals surface area contributed by atoms with E-state index in [4.69, 9.17) is 4.74 Å². The van der Waals surface area contributed by atoms with Crippen molar-refractivity contribution in [2.75, 3.05) is 5.32 Å². The SMILES string of the molecule is CC(=O)Nc1ccc(OC(=O)c2cccc3c(C)c(C)[nH]c23)cc1. The average Bonchev–Trinajstić information content (AvgIpc) is 2.84. The van der Waals surface area contributed by atoms with Crippen molar-refractivity contribution in [1.29, 1.82) is 0 Å². The topological polar surface area (TPSA) is 71.2 Å². The number of rotatable bonds is 3. The van der Waals surface area contributed by atoms with Crippen molar-refractivity contribution in [2.45, 2.75) is 20.8 Å². The lowest BCUT2D eigenvalue weighted by molar-refractivity contribution is -0.114. The van der Waals surface area contributed by atoms with E-state index in [1.54, 1.807) is 30.3 Å². The van der Waals surface area contributed by atoms with Gasteiger partial charge in [-0.2, -0.15) is 0 Å². The van der Waals surface area contributed by atoms with Gasteiger partial charge in [-0.05, 0) is 49.7 Å². The zero-order valence-corrected chi connectivity index (χ0v) is 13.8. The van der Waals surface area contributed by atoms with Gasteiger partial charge in [0.2, 0.25) is 5.91 Å². The fraction of sp³-hybridized carbons (Fsp3) is 0.158. The van der Waals surface area contributed by atoms with E-state index in [0.717, 1.165) is 22.2 Å². The van der Waals surface area contributed by atoms with Crippen molar-refractivity contribution in [1.82, 2.24) is 4.98 Å². The second-order valence-electron chi connectivity index (χ2n) is 5.70. The number of carbonyl (C=O) groups excluding carboxylic acids is 2. The van der Waals surface area contributed by atoms with E-state index < -0.39 is 5.97 Å². The summed E-state index contributed by atoms with van der Waals surface area (Å²) in [6.45, 7) is 5.43. The number of aryl methyl sites for hydroxylation is 2. The molecule has 0 spiro atoms. The van der Waals surface area contributed by atoms with Gasteiger partial charge in [0.25, 0.3) is 0 Å². The molecule has 0 aliphatic carbocycles. The van der Waals surface area contributed by atoms with Crippen molar-refractivity contribution in [3.05, 3.63) is 59.3 Å². The van der Waals surface area contributed by atoms with Gasteiger partial charge in [0.1, 0.15) is 5.75 Å². The molecule has 5 nitrogen and oxygen atoms in total. The van der Waals surface area contributed by atoms with Crippen LogP contribution in [-0.4, -0.2) is 16.9 Å². The molecular formula is C19H18N2O3. The zero-order valence-electron chi connectivity index (χ0n) is 13.8. The molecule has 1 amide bonds. The van der Waals surface area contributed by atoms with Crippen molar-refractivity contribution < 1.29 is 14.3 Å². The van der Waals surface area contributed by atoms with Gasteiger partial charge in [-0.3, -0.25) is 4.79 Å². The second kappa shape index (κ2) is 6.20. The van der Waals surface area contributed by atoms with Gasteiger partial charge in [-0.25, -0.2) is 4.79 Å². The number of amides is 1. The Hall–Kier alpha value is -3.08. The first-order valence-corrected chi connectivity index (χ1v) is 7.63. The lowest BCUT2D eigenvalue weighted by Gasteiger charge is -2.07. The van der Waals surface area contributed by atoms with E-state index in [2.05, 4.69) is 10.3 Å². The molecule has 122 valence electrons. The number of esters is 1. The first-order valence-electron chi connectivity index (χ1n) is 7.63. The fourth-order valence-electron chi connectivity index (χ4n) is 2.62. The smallest absolute Gasteiger partial charge is 0.345 e.